The van der Waals surface area contributed by atoms with E-state index in [1.807, 2.05) is 49.5 Å². The van der Waals surface area contributed by atoms with E-state index in [-0.39, 0.29) is 5.28 Å². The third-order valence-electron chi connectivity index (χ3n) is 2.95. The summed E-state index contributed by atoms with van der Waals surface area (Å²) >= 11 is 5.81. The number of benzene rings is 1. The Kier molecular flexibility index (Phi) is 2.83. The van der Waals surface area contributed by atoms with Gasteiger partial charge in [0.25, 0.3) is 0 Å². The van der Waals surface area contributed by atoms with Crippen molar-refractivity contribution in [2.45, 2.75) is 0 Å². The predicted octanol–water partition coefficient (Wildman–Crippen LogP) is 2.78. The molecule has 0 N–H and O–H groups in total. The van der Waals surface area contributed by atoms with E-state index in [1.54, 1.807) is 10.9 Å². The standard InChI is InChI=1S/C13H12ClN5/c1-18-8-9-3-4-10(7-11(9)17-18)19(2)12-5-6-15-13(14)16-12/h3-8H,1-2H3. The first-order chi connectivity index (χ1) is 9.13. The van der Waals surface area contributed by atoms with Gasteiger partial charge in [-0.2, -0.15) is 5.10 Å². The van der Waals surface area contributed by atoms with Gasteiger partial charge in [-0.25, -0.2) is 9.97 Å². The van der Waals surface area contributed by atoms with Gasteiger partial charge in [-0.1, -0.05) is 0 Å². The van der Waals surface area contributed by atoms with Crippen molar-refractivity contribution < 1.29 is 0 Å². The fourth-order valence-corrected chi connectivity index (χ4v) is 2.12. The highest BCUT2D eigenvalue weighted by molar-refractivity contribution is 6.28. The van der Waals surface area contributed by atoms with Crippen molar-refractivity contribution in [3.8, 4) is 0 Å². The summed E-state index contributed by atoms with van der Waals surface area (Å²) in [6.45, 7) is 0. The van der Waals surface area contributed by atoms with Crippen LogP contribution in [0.5, 0.6) is 0 Å². The second-order valence-corrected chi connectivity index (χ2v) is 4.63. The van der Waals surface area contributed by atoms with E-state index in [1.165, 1.54) is 0 Å². The Morgan fingerprint density at radius 2 is 2.11 bits per heavy atom. The quantitative estimate of drug-likeness (QED) is 0.674. The number of hydrogen-bond acceptors (Lipinski definition) is 4. The highest BCUT2D eigenvalue weighted by atomic mass is 35.5. The Bertz CT molecular complexity index is 737. The van der Waals surface area contributed by atoms with Gasteiger partial charge in [-0.15, -0.1) is 0 Å². The molecule has 1 aromatic carbocycles. The van der Waals surface area contributed by atoms with Crippen LogP contribution in [0.25, 0.3) is 10.9 Å². The molecule has 3 aromatic rings. The number of halogens is 1. The summed E-state index contributed by atoms with van der Waals surface area (Å²) in [4.78, 5) is 10.0. The van der Waals surface area contributed by atoms with E-state index >= 15 is 0 Å². The van der Waals surface area contributed by atoms with Crippen LogP contribution in [0.2, 0.25) is 5.28 Å². The van der Waals surface area contributed by atoms with Gasteiger partial charge in [-0.3, -0.25) is 4.68 Å². The Morgan fingerprint density at radius 3 is 2.89 bits per heavy atom. The molecule has 5 nitrogen and oxygen atoms in total. The van der Waals surface area contributed by atoms with E-state index in [9.17, 15) is 0 Å². The molecule has 6 heteroatoms. The van der Waals surface area contributed by atoms with Crippen molar-refractivity contribution in [2.24, 2.45) is 7.05 Å². The van der Waals surface area contributed by atoms with Gasteiger partial charge in [0.15, 0.2) is 0 Å². The minimum atomic E-state index is 0.239. The third-order valence-corrected chi connectivity index (χ3v) is 3.13. The first-order valence-electron chi connectivity index (χ1n) is 5.79. The van der Waals surface area contributed by atoms with Crippen LogP contribution in [-0.4, -0.2) is 26.8 Å². The number of hydrogen-bond donors (Lipinski definition) is 0. The van der Waals surface area contributed by atoms with Gasteiger partial charge in [0.05, 0.1) is 5.52 Å². The number of nitrogens with zero attached hydrogens (tertiary/aromatic N) is 5. The largest absolute Gasteiger partial charge is 0.329 e. The second kappa shape index (κ2) is 4.51. The molecular formula is C13H12ClN5. The SMILES string of the molecule is CN(c1ccc2cn(C)nc2c1)c1ccnc(Cl)n1. The maximum atomic E-state index is 5.81. The molecule has 0 saturated heterocycles. The lowest BCUT2D eigenvalue weighted by atomic mass is 10.2. The zero-order chi connectivity index (χ0) is 13.4. The van der Waals surface area contributed by atoms with Gasteiger partial charge >= 0.3 is 0 Å². The summed E-state index contributed by atoms with van der Waals surface area (Å²) in [6, 6.07) is 7.90. The minimum absolute atomic E-state index is 0.239. The van der Waals surface area contributed by atoms with E-state index in [4.69, 9.17) is 11.6 Å². The summed E-state index contributed by atoms with van der Waals surface area (Å²) in [5.74, 6) is 0.746. The van der Waals surface area contributed by atoms with Gasteiger partial charge in [0.2, 0.25) is 5.28 Å². The molecule has 3 rings (SSSR count). The van der Waals surface area contributed by atoms with Crippen LogP contribution in [0, 0.1) is 0 Å². The van der Waals surface area contributed by atoms with Crippen molar-refractivity contribution in [1.29, 1.82) is 0 Å². The van der Waals surface area contributed by atoms with Crippen LogP contribution in [0.4, 0.5) is 11.5 Å². The van der Waals surface area contributed by atoms with Crippen molar-refractivity contribution in [1.82, 2.24) is 19.7 Å². The molecule has 0 bridgehead atoms. The molecule has 0 unspecified atom stereocenters. The predicted molar refractivity (Wildman–Crippen MR) is 75.8 cm³/mol. The van der Waals surface area contributed by atoms with Crippen LogP contribution in [0.1, 0.15) is 0 Å². The lowest BCUT2D eigenvalue weighted by molar-refractivity contribution is 0.780. The van der Waals surface area contributed by atoms with Crippen molar-refractivity contribution >= 4 is 34.0 Å². The first kappa shape index (κ1) is 11.9. The van der Waals surface area contributed by atoms with Crippen LogP contribution in [0.15, 0.2) is 36.7 Å². The molecule has 0 aliphatic heterocycles. The number of anilines is 2. The van der Waals surface area contributed by atoms with E-state index in [2.05, 4.69) is 15.1 Å². The summed E-state index contributed by atoms with van der Waals surface area (Å²) in [5.41, 5.74) is 1.95. The van der Waals surface area contributed by atoms with Gasteiger partial charge in [-0.05, 0) is 35.9 Å². The topological polar surface area (TPSA) is 46.8 Å². The normalized spacial score (nSPS) is 10.9. The first-order valence-corrected chi connectivity index (χ1v) is 6.17. The Labute approximate surface area is 115 Å². The van der Waals surface area contributed by atoms with Crippen LogP contribution >= 0.6 is 11.6 Å². The smallest absolute Gasteiger partial charge is 0.224 e. The summed E-state index contributed by atoms with van der Waals surface area (Å²) < 4.78 is 1.80. The second-order valence-electron chi connectivity index (χ2n) is 4.29. The summed E-state index contributed by atoms with van der Waals surface area (Å²) in [5, 5.41) is 5.75. The monoisotopic (exact) mass is 273 g/mol. The molecule has 0 atom stereocenters. The molecule has 2 aromatic heterocycles. The zero-order valence-corrected chi connectivity index (χ0v) is 11.3. The lowest BCUT2D eigenvalue weighted by Crippen LogP contribution is -2.11. The highest BCUT2D eigenvalue weighted by Gasteiger charge is 2.08. The van der Waals surface area contributed by atoms with Crippen LogP contribution in [-0.2, 0) is 7.05 Å². The zero-order valence-electron chi connectivity index (χ0n) is 10.6. The van der Waals surface area contributed by atoms with Gasteiger partial charge in [0, 0.05) is 37.6 Å². The molecule has 0 fully saturated rings. The minimum Gasteiger partial charge on any atom is -0.329 e. The average Bonchev–Trinajstić information content (AvgIpc) is 2.76. The van der Waals surface area contributed by atoms with Crippen molar-refractivity contribution in [2.75, 3.05) is 11.9 Å². The number of aromatic nitrogens is 4. The molecular weight excluding hydrogens is 262 g/mol. The van der Waals surface area contributed by atoms with Crippen LogP contribution < -0.4 is 4.90 Å². The number of aryl methyl sites for hydroxylation is 1. The molecule has 0 saturated carbocycles. The molecule has 2 heterocycles. The molecule has 0 aliphatic rings. The maximum absolute atomic E-state index is 5.81. The Hall–Kier alpha value is -2.14. The van der Waals surface area contributed by atoms with E-state index in [0.717, 1.165) is 22.4 Å². The van der Waals surface area contributed by atoms with Crippen LogP contribution in [0.3, 0.4) is 0 Å². The summed E-state index contributed by atoms with van der Waals surface area (Å²) in [6.07, 6.45) is 3.63. The average molecular weight is 274 g/mol. The number of fused-ring (bicyclic) bond motifs is 1. The Balaban J connectivity index is 2.03. The van der Waals surface area contributed by atoms with E-state index in [0.29, 0.717) is 0 Å². The van der Waals surface area contributed by atoms with Gasteiger partial charge in [0.1, 0.15) is 5.82 Å². The highest BCUT2D eigenvalue weighted by Crippen LogP contribution is 2.25. The third kappa shape index (κ3) is 2.24. The van der Waals surface area contributed by atoms with Crippen molar-refractivity contribution in [3.05, 3.63) is 41.9 Å². The maximum Gasteiger partial charge on any atom is 0.224 e. The molecule has 0 amide bonds. The fraction of sp³-hybridized carbons (Fsp3) is 0.154. The molecule has 0 aliphatic carbocycles. The fourth-order valence-electron chi connectivity index (χ4n) is 1.98. The molecule has 19 heavy (non-hydrogen) atoms. The molecule has 0 radical (unpaired) electrons. The summed E-state index contributed by atoms with van der Waals surface area (Å²) in [7, 11) is 3.84. The molecule has 0 spiro atoms. The number of rotatable bonds is 2. The Morgan fingerprint density at radius 1 is 1.26 bits per heavy atom. The van der Waals surface area contributed by atoms with E-state index < -0.39 is 0 Å². The van der Waals surface area contributed by atoms with Crippen molar-refractivity contribution in [3.63, 3.8) is 0 Å². The van der Waals surface area contributed by atoms with Gasteiger partial charge < -0.3 is 4.90 Å². The lowest BCUT2D eigenvalue weighted by Gasteiger charge is -2.17. The molecule has 96 valence electrons.